The van der Waals surface area contributed by atoms with Gasteiger partial charge in [0.2, 0.25) is 0 Å². The Hall–Kier alpha value is -1.44. The SMILES string of the molecule is C1=CC2=CN=CC=C(C2)N=C1. The Morgan fingerprint density at radius 2 is 2.27 bits per heavy atom. The molecule has 0 amide bonds. The summed E-state index contributed by atoms with van der Waals surface area (Å²) in [6, 6.07) is 0. The van der Waals surface area contributed by atoms with E-state index in [0.29, 0.717) is 0 Å². The highest BCUT2D eigenvalue weighted by atomic mass is 14.8. The quantitative estimate of drug-likeness (QED) is 0.496. The zero-order valence-electron chi connectivity index (χ0n) is 6.07. The molecule has 0 spiro atoms. The minimum Gasteiger partial charge on any atom is -0.264 e. The molecule has 0 N–H and O–H groups in total. The second-order valence-corrected chi connectivity index (χ2v) is 2.47. The summed E-state index contributed by atoms with van der Waals surface area (Å²) in [5.74, 6) is 0. The molecule has 0 aromatic heterocycles. The van der Waals surface area contributed by atoms with Gasteiger partial charge in [-0.25, -0.2) is 0 Å². The molecule has 2 nitrogen and oxygen atoms in total. The van der Waals surface area contributed by atoms with Crippen molar-refractivity contribution in [1.82, 2.24) is 0 Å². The van der Waals surface area contributed by atoms with Crippen LogP contribution in [0.5, 0.6) is 0 Å². The molecule has 0 aromatic carbocycles. The first-order chi connectivity index (χ1) is 5.45. The molecule has 0 aromatic rings. The van der Waals surface area contributed by atoms with E-state index in [2.05, 4.69) is 9.98 Å². The second-order valence-electron chi connectivity index (χ2n) is 2.47. The van der Waals surface area contributed by atoms with Gasteiger partial charge in [-0.05, 0) is 17.7 Å². The average molecular weight is 144 g/mol. The molecule has 0 atom stereocenters. The van der Waals surface area contributed by atoms with Gasteiger partial charge in [0.1, 0.15) is 0 Å². The van der Waals surface area contributed by atoms with Gasteiger partial charge < -0.3 is 0 Å². The molecular weight excluding hydrogens is 136 g/mol. The number of hydrogen-bond donors (Lipinski definition) is 0. The predicted octanol–water partition coefficient (Wildman–Crippen LogP) is 1.87. The van der Waals surface area contributed by atoms with Crippen molar-refractivity contribution in [2.24, 2.45) is 9.98 Å². The van der Waals surface area contributed by atoms with Gasteiger partial charge in [0, 0.05) is 30.7 Å². The van der Waals surface area contributed by atoms with E-state index < -0.39 is 0 Å². The molecule has 0 radical (unpaired) electrons. The molecule has 54 valence electrons. The summed E-state index contributed by atoms with van der Waals surface area (Å²) < 4.78 is 0. The Morgan fingerprint density at radius 3 is 3.27 bits per heavy atom. The van der Waals surface area contributed by atoms with E-state index in [0.717, 1.165) is 12.1 Å². The summed E-state index contributed by atoms with van der Waals surface area (Å²) in [5.41, 5.74) is 2.28. The number of nitrogens with zero attached hydrogens (tertiary/aromatic N) is 2. The fourth-order valence-corrected chi connectivity index (χ4v) is 1.08. The molecule has 0 fully saturated rings. The van der Waals surface area contributed by atoms with Crippen molar-refractivity contribution in [1.29, 1.82) is 0 Å². The number of hydrogen-bond acceptors (Lipinski definition) is 2. The Kier molecular flexibility index (Phi) is 1.52. The fraction of sp³-hybridized carbons (Fsp3) is 0.111. The van der Waals surface area contributed by atoms with E-state index in [1.165, 1.54) is 5.57 Å². The van der Waals surface area contributed by atoms with Crippen LogP contribution in [0.1, 0.15) is 6.42 Å². The van der Waals surface area contributed by atoms with E-state index >= 15 is 0 Å². The first-order valence-corrected chi connectivity index (χ1v) is 3.57. The lowest BCUT2D eigenvalue weighted by atomic mass is 10.1. The lowest BCUT2D eigenvalue weighted by Gasteiger charge is -1.95. The van der Waals surface area contributed by atoms with Crippen molar-refractivity contribution in [3.8, 4) is 0 Å². The van der Waals surface area contributed by atoms with E-state index in [1.807, 2.05) is 30.6 Å². The van der Waals surface area contributed by atoms with Gasteiger partial charge in [-0.2, -0.15) is 0 Å². The standard InChI is InChI=1S/C9H8N2/c1-2-8-6-9(11-4-1)3-5-10-7-8/h1-5,7H,6H2. The third kappa shape index (κ3) is 1.34. The van der Waals surface area contributed by atoms with Crippen molar-refractivity contribution in [3.05, 3.63) is 35.7 Å². The number of fused-ring (bicyclic) bond motifs is 2. The van der Waals surface area contributed by atoms with Crippen molar-refractivity contribution in [2.75, 3.05) is 0 Å². The molecular formula is C9H8N2. The largest absolute Gasteiger partial charge is 0.264 e. The van der Waals surface area contributed by atoms with Gasteiger partial charge in [-0.3, -0.25) is 9.98 Å². The summed E-state index contributed by atoms with van der Waals surface area (Å²) in [7, 11) is 0. The van der Waals surface area contributed by atoms with E-state index in [9.17, 15) is 0 Å². The normalized spacial score (nSPS) is 20.4. The van der Waals surface area contributed by atoms with Gasteiger partial charge in [-0.15, -0.1) is 0 Å². The maximum absolute atomic E-state index is 4.22. The minimum atomic E-state index is 0.896. The van der Waals surface area contributed by atoms with Crippen LogP contribution in [0.4, 0.5) is 0 Å². The number of aliphatic imine (C=N–C) groups is 2. The van der Waals surface area contributed by atoms with Crippen LogP contribution in [0.3, 0.4) is 0 Å². The van der Waals surface area contributed by atoms with Crippen LogP contribution in [0.15, 0.2) is 45.7 Å². The van der Waals surface area contributed by atoms with Crippen LogP contribution in [0, 0.1) is 0 Å². The van der Waals surface area contributed by atoms with Crippen molar-refractivity contribution < 1.29 is 0 Å². The lowest BCUT2D eigenvalue weighted by Crippen LogP contribution is -1.78. The van der Waals surface area contributed by atoms with Crippen molar-refractivity contribution >= 4 is 12.4 Å². The Morgan fingerprint density at radius 1 is 1.27 bits per heavy atom. The molecule has 0 saturated carbocycles. The number of rotatable bonds is 0. The summed E-state index contributed by atoms with van der Waals surface area (Å²) in [6.45, 7) is 0. The van der Waals surface area contributed by atoms with Crippen LogP contribution in [-0.2, 0) is 0 Å². The number of allylic oxidation sites excluding steroid dienone is 4. The third-order valence-electron chi connectivity index (χ3n) is 1.62. The zero-order valence-corrected chi connectivity index (χ0v) is 6.07. The zero-order chi connectivity index (χ0) is 7.52. The predicted molar refractivity (Wildman–Crippen MR) is 46.9 cm³/mol. The van der Waals surface area contributed by atoms with Gasteiger partial charge >= 0.3 is 0 Å². The molecule has 2 heteroatoms. The molecule has 2 bridgehead atoms. The van der Waals surface area contributed by atoms with E-state index in [-0.39, 0.29) is 0 Å². The highest BCUT2D eigenvalue weighted by molar-refractivity contribution is 5.78. The van der Waals surface area contributed by atoms with Gasteiger partial charge in [0.05, 0.1) is 0 Å². The van der Waals surface area contributed by atoms with Crippen LogP contribution < -0.4 is 0 Å². The second kappa shape index (κ2) is 2.66. The molecule has 2 rings (SSSR count). The Labute approximate surface area is 65.4 Å². The van der Waals surface area contributed by atoms with E-state index in [4.69, 9.17) is 0 Å². The molecule has 2 aliphatic rings. The molecule has 0 saturated heterocycles. The topological polar surface area (TPSA) is 24.7 Å². The van der Waals surface area contributed by atoms with Gasteiger partial charge in [0.25, 0.3) is 0 Å². The molecule has 2 heterocycles. The first-order valence-electron chi connectivity index (χ1n) is 3.57. The Balaban J connectivity index is 2.46. The van der Waals surface area contributed by atoms with Crippen LogP contribution in [0.2, 0.25) is 0 Å². The summed E-state index contributed by atoms with van der Waals surface area (Å²) >= 11 is 0. The Bertz CT molecular complexity index is 274. The minimum absolute atomic E-state index is 0.896. The van der Waals surface area contributed by atoms with Crippen molar-refractivity contribution in [3.63, 3.8) is 0 Å². The van der Waals surface area contributed by atoms with Crippen molar-refractivity contribution in [2.45, 2.75) is 6.42 Å². The first kappa shape index (κ1) is 6.28. The summed E-state index contributed by atoms with van der Waals surface area (Å²) in [5, 5.41) is 0. The molecule has 0 unspecified atom stereocenters. The van der Waals surface area contributed by atoms with Gasteiger partial charge in [-0.1, -0.05) is 6.08 Å². The lowest BCUT2D eigenvalue weighted by molar-refractivity contribution is 1.13. The third-order valence-corrected chi connectivity index (χ3v) is 1.62. The molecule has 11 heavy (non-hydrogen) atoms. The maximum Gasteiger partial charge on any atom is 0.0463 e. The average Bonchev–Trinajstić information content (AvgIpc) is 2.36. The van der Waals surface area contributed by atoms with Crippen LogP contribution >= 0.6 is 0 Å². The highest BCUT2D eigenvalue weighted by Crippen LogP contribution is 2.17. The summed E-state index contributed by atoms with van der Waals surface area (Å²) in [6.07, 6.45) is 12.3. The monoisotopic (exact) mass is 144 g/mol. The molecule has 2 aliphatic heterocycles. The summed E-state index contributed by atoms with van der Waals surface area (Å²) in [4.78, 5) is 8.29. The fourth-order valence-electron chi connectivity index (χ4n) is 1.08. The highest BCUT2D eigenvalue weighted by Gasteiger charge is 2.01. The molecule has 0 aliphatic carbocycles. The smallest absolute Gasteiger partial charge is 0.0463 e. The van der Waals surface area contributed by atoms with E-state index in [1.54, 1.807) is 6.21 Å². The van der Waals surface area contributed by atoms with Gasteiger partial charge in [0.15, 0.2) is 0 Å². The van der Waals surface area contributed by atoms with Crippen LogP contribution in [-0.4, -0.2) is 12.4 Å². The maximum atomic E-state index is 4.22. The van der Waals surface area contributed by atoms with Crippen LogP contribution in [0.25, 0.3) is 0 Å².